The number of aryl methyl sites for hydroxylation is 1. The molecule has 0 amide bonds. The van der Waals surface area contributed by atoms with Crippen molar-refractivity contribution in [3.8, 4) is 0 Å². The Morgan fingerprint density at radius 3 is 2.82 bits per heavy atom. The Hall–Kier alpha value is -0.960. The van der Waals surface area contributed by atoms with Crippen molar-refractivity contribution in [3.05, 3.63) is 27.4 Å². The smallest absolute Gasteiger partial charge is 0.264 e. The molecule has 2 rings (SSSR count). The number of aromatic nitrogens is 1. The molecule has 0 bridgehead atoms. The van der Waals surface area contributed by atoms with E-state index in [1.807, 2.05) is 0 Å². The fourth-order valence-corrected chi connectivity index (χ4v) is 4.49. The number of nitrogens with one attached hydrogen (secondary N) is 1. The average Bonchev–Trinajstić information content (AvgIpc) is 2.86. The van der Waals surface area contributed by atoms with E-state index in [4.69, 9.17) is 5.11 Å². The Morgan fingerprint density at radius 1 is 1.47 bits per heavy atom. The van der Waals surface area contributed by atoms with Crippen LogP contribution in [-0.4, -0.2) is 18.5 Å². The van der Waals surface area contributed by atoms with E-state index in [0.717, 1.165) is 5.69 Å². The fourth-order valence-electron chi connectivity index (χ4n) is 1.25. The summed E-state index contributed by atoms with van der Waals surface area (Å²) in [6, 6.07) is 1.47. The molecule has 92 valence electrons. The molecule has 0 aliphatic carbocycles. The highest BCUT2D eigenvalue weighted by molar-refractivity contribution is 7.93. The van der Waals surface area contributed by atoms with Crippen molar-refractivity contribution in [3.63, 3.8) is 0 Å². The number of thiazole rings is 1. The van der Waals surface area contributed by atoms with Gasteiger partial charge in [-0.1, -0.05) is 0 Å². The molecule has 0 saturated carbocycles. The first-order valence-electron chi connectivity index (χ1n) is 4.65. The molecule has 0 aromatic carbocycles. The van der Waals surface area contributed by atoms with Crippen LogP contribution in [0.4, 0.5) is 5.13 Å². The highest BCUT2D eigenvalue weighted by Gasteiger charge is 2.20. The summed E-state index contributed by atoms with van der Waals surface area (Å²) in [5.74, 6) is 0. The van der Waals surface area contributed by atoms with Gasteiger partial charge in [0.2, 0.25) is 0 Å². The number of nitrogens with zero attached hydrogens (tertiary/aromatic N) is 1. The third kappa shape index (κ3) is 2.65. The summed E-state index contributed by atoms with van der Waals surface area (Å²) < 4.78 is 26.4. The van der Waals surface area contributed by atoms with Crippen LogP contribution in [0, 0.1) is 6.92 Å². The van der Waals surface area contributed by atoms with E-state index in [9.17, 15) is 8.42 Å². The minimum Gasteiger partial charge on any atom is -0.391 e. The van der Waals surface area contributed by atoms with Crippen LogP contribution in [0.1, 0.15) is 10.6 Å². The van der Waals surface area contributed by atoms with E-state index in [0.29, 0.717) is 10.0 Å². The molecule has 2 N–H and O–H groups in total. The molecule has 17 heavy (non-hydrogen) atoms. The first-order valence-corrected chi connectivity index (χ1v) is 7.89. The molecule has 0 radical (unpaired) electrons. The first-order chi connectivity index (χ1) is 8.03. The van der Waals surface area contributed by atoms with Crippen molar-refractivity contribution in [2.75, 3.05) is 4.72 Å². The van der Waals surface area contributed by atoms with Crippen LogP contribution in [0.15, 0.2) is 21.7 Å². The van der Waals surface area contributed by atoms with Crippen LogP contribution in [0.25, 0.3) is 0 Å². The maximum atomic E-state index is 12.0. The van der Waals surface area contributed by atoms with Crippen molar-refractivity contribution in [2.24, 2.45) is 0 Å². The Bertz CT molecular complexity index is 615. The van der Waals surface area contributed by atoms with Gasteiger partial charge in [0.15, 0.2) is 5.13 Å². The second-order valence-electron chi connectivity index (χ2n) is 3.27. The fraction of sp³-hybridized carbons (Fsp3) is 0.222. The lowest BCUT2D eigenvalue weighted by atomic mass is 10.5. The van der Waals surface area contributed by atoms with Crippen molar-refractivity contribution in [1.82, 2.24) is 4.98 Å². The van der Waals surface area contributed by atoms with Gasteiger partial charge in [-0.25, -0.2) is 13.4 Å². The van der Waals surface area contributed by atoms with Gasteiger partial charge >= 0.3 is 0 Å². The van der Waals surface area contributed by atoms with Gasteiger partial charge in [0.05, 0.1) is 17.2 Å². The monoisotopic (exact) mass is 290 g/mol. The zero-order valence-corrected chi connectivity index (χ0v) is 11.3. The molecule has 0 saturated heterocycles. The van der Waals surface area contributed by atoms with Gasteiger partial charge in [0.1, 0.15) is 4.90 Å². The van der Waals surface area contributed by atoms with Gasteiger partial charge in [-0.3, -0.25) is 4.72 Å². The Balaban J connectivity index is 2.31. The molecule has 5 nitrogen and oxygen atoms in total. The molecular weight excluding hydrogens is 280 g/mol. The predicted molar refractivity (Wildman–Crippen MR) is 67.9 cm³/mol. The quantitative estimate of drug-likeness (QED) is 0.900. The number of rotatable bonds is 4. The third-order valence-electron chi connectivity index (χ3n) is 1.98. The van der Waals surface area contributed by atoms with Gasteiger partial charge < -0.3 is 5.11 Å². The Kier molecular flexibility index (Phi) is 3.48. The van der Waals surface area contributed by atoms with Gasteiger partial charge in [-0.15, -0.1) is 22.7 Å². The van der Waals surface area contributed by atoms with E-state index in [-0.39, 0.29) is 11.5 Å². The molecule has 0 atom stereocenters. The summed E-state index contributed by atoms with van der Waals surface area (Å²) in [6.45, 7) is 1.50. The summed E-state index contributed by atoms with van der Waals surface area (Å²) in [4.78, 5) is 4.56. The summed E-state index contributed by atoms with van der Waals surface area (Å²) in [6.07, 6.45) is 0. The molecule has 0 fully saturated rings. The minimum absolute atomic E-state index is 0.109. The molecule has 0 aliphatic heterocycles. The molecule has 2 aromatic heterocycles. The number of thiophene rings is 1. The Labute approximate surface area is 107 Å². The number of sulfonamides is 1. The maximum absolute atomic E-state index is 12.0. The standard InChI is InChI=1S/C9H10N2O3S3/c1-6-5-16-9(10-6)11-17(13,14)8-2-3-15-7(8)4-12/h2-3,5,12H,4H2,1H3,(H,10,11). The van der Waals surface area contributed by atoms with E-state index in [1.165, 1.54) is 28.7 Å². The highest BCUT2D eigenvalue weighted by atomic mass is 32.2. The zero-order valence-electron chi connectivity index (χ0n) is 8.87. The molecule has 2 heterocycles. The molecule has 8 heteroatoms. The molecule has 2 aromatic rings. The highest BCUT2D eigenvalue weighted by Crippen LogP contribution is 2.25. The number of hydrogen-bond donors (Lipinski definition) is 2. The lowest BCUT2D eigenvalue weighted by Crippen LogP contribution is -2.13. The zero-order chi connectivity index (χ0) is 12.5. The molecule has 0 aliphatic rings. The van der Waals surface area contributed by atoms with Crippen LogP contribution in [-0.2, 0) is 16.6 Å². The Morgan fingerprint density at radius 2 is 2.24 bits per heavy atom. The summed E-state index contributed by atoms with van der Waals surface area (Å²) >= 11 is 2.43. The van der Waals surface area contributed by atoms with Gasteiger partial charge in [0, 0.05) is 5.38 Å². The van der Waals surface area contributed by atoms with Crippen LogP contribution in [0.3, 0.4) is 0 Å². The van der Waals surface area contributed by atoms with Crippen LogP contribution < -0.4 is 4.72 Å². The third-order valence-corrected chi connectivity index (χ3v) is 5.44. The number of anilines is 1. The second-order valence-corrected chi connectivity index (χ2v) is 6.78. The van der Waals surface area contributed by atoms with Gasteiger partial charge in [0.25, 0.3) is 10.0 Å². The number of aliphatic hydroxyl groups excluding tert-OH is 1. The number of hydrogen-bond acceptors (Lipinski definition) is 6. The molecular formula is C9H10N2O3S3. The first kappa shape index (κ1) is 12.5. The summed E-state index contributed by atoms with van der Waals surface area (Å²) in [7, 11) is -3.65. The van der Waals surface area contributed by atoms with Crippen LogP contribution in [0.2, 0.25) is 0 Å². The molecule has 0 unspecified atom stereocenters. The maximum Gasteiger partial charge on any atom is 0.264 e. The minimum atomic E-state index is -3.65. The lowest BCUT2D eigenvalue weighted by Gasteiger charge is -2.04. The van der Waals surface area contributed by atoms with Gasteiger partial charge in [-0.2, -0.15) is 0 Å². The normalized spacial score (nSPS) is 11.6. The topological polar surface area (TPSA) is 79.3 Å². The van der Waals surface area contributed by atoms with E-state index in [1.54, 1.807) is 17.7 Å². The van der Waals surface area contributed by atoms with Crippen molar-refractivity contribution in [1.29, 1.82) is 0 Å². The van der Waals surface area contributed by atoms with Crippen molar-refractivity contribution < 1.29 is 13.5 Å². The predicted octanol–water partition coefficient (Wildman–Crippen LogP) is 1.81. The molecule has 0 spiro atoms. The van der Waals surface area contributed by atoms with E-state index >= 15 is 0 Å². The summed E-state index contributed by atoms with van der Waals surface area (Å²) in [5, 5.41) is 12.8. The SMILES string of the molecule is Cc1csc(NS(=O)(=O)c2ccsc2CO)n1. The lowest BCUT2D eigenvalue weighted by molar-refractivity contribution is 0.282. The largest absolute Gasteiger partial charge is 0.391 e. The van der Waals surface area contributed by atoms with E-state index < -0.39 is 10.0 Å². The van der Waals surface area contributed by atoms with Gasteiger partial charge in [-0.05, 0) is 18.4 Å². The number of aliphatic hydroxyl groups is 1. The van der Waals surface area contributed by atoms with Crippen LogP contribution >= 0.6 is 22.7 Å². The summed E-state index contributed by atoms with van der Waals surface area (Å²) in [5.41, 5.74) is 0.764. The van der Waals surface area contributed by atoms with Crippen molar-refractivity contribution in [2.45, 2.75) is 18.4 Å². The second kappa shape index (κ2) is 4.73. The van der Waals surface area contributed by atoms with E-state index in [2.05, 4.69) is 9.71 Å². The van der Waals surface area contributed by atoms with Crippen LogP contribution in [0.5, 0.6) is 0 Å². The average molecular weight is 290 g/mol. The van der Waals surface area contributed by atoms with Crippen molar-refractivity contribution >= 4 is 37.8 Å².